The van der Waals surface area contributed by atoms with Gasteiger partial charge in [0.1, 0.15) is 0 Å². The van der Waals surface area contributed by atoms with Crippen LogP contribution in [0.5, 0.6) is 0 Å². The molecule has 2 fully saturated rings. The van der Waals surface area contributed by atoms with Gasteiger partial charge in [0.2, 0.25) is 0 Å². The average Bonchev–Trinajstić information content (AvgIpc) is 3.14. The van der Waals surface area contributed by atoms with Gasteiger partial charge in [-0.15, -0.1) is 0 Å². The highest BCUT2D eigenvalue weighted by atomic mass is 16.6. The van der Waals surface area contributed by atoms with E-state index >= 15 is 0 Å². The summed E-state index contributed by atoms with van der Waals surface area (Å²) in [4.78, 5) is 0. The molecule has 0 amide bonds. The van der Waals surface area contributed by atoms with E-state index in [-0.39, 0.29) is 0 Å². The van der Waals surface area contributed by atoms with Crippen LogP contribution >= 0.6 is 0 Å². The minimum absolute atomic E-state index is 0.585. The lowest BCUT2D eigenvalue weighted by Crippen LogP contribution is -2.18. The Labute approximate surface area is 111 Å². The van der Waals surface area contributed by atoms with Gasteiger partial charge in [-0.1, -0.05) is 6.92 Å². The fourth-order valence-corrected chi connectivity index (χ4v) is 2.89. The van der Waals surface area contributed by atoms with Gasteiger partial charge in [0.05, 0.1) is 12.2 Å². The Morgan fingerprint density at radius 1 is 1.17 bits per heavy atom. The lowest BCUT2D eigenvalue weighted by molar-refractivity contribution is 0.0823. The molecule has 0 aromatic rings. The van der Waals surface area contributed by atoms with Gasteiger partial charge in [0, 0.05) is 26.9 Å². The van der Waals surface area contributed by atoms with Crippen molar-refractivity contribution < 1.29 is 14.2 Å². The molecule has 0 radical (unpaired) electrons. The van der Waals surface area contributed by atoms with Crippen molar-refractivity contribution in [2.45, 2.75) is 57.7 Å². The topological polar surface area (TPSA) is 31.0 Å². The summed E-state index contributed by atoms with van der Waals surface area (Å²) in [5.41, 5.74) is 0. The molecule has 0 aromatic carbocycles. The van der Waals surface area contributed by atoms with E-state index in [1.807, 2.05) is 0 Å². The summed E-state index contributed by atoms with van der Waals surface area (Å²) in [6.07, 6.45) is 8.58. The Kier molecular flexibility index (Phi) is 5.93. The van der Waals surface area contributed by atoms with Gasteiger partial charge in [-0.25, -0.2) is 0 Å². The van der Waals surface area contributed by atoms with Crippen LogP contribution in [0.3, 0.4) is 0 Å². The Balaban J connectivity index is 1.41. The average molecular weight is 256 g/mol. The van der Waals surface area contributed by atoms with Crippen LogP contribution in [0.1, 0.15) is 45.4 Å². The molecular weight excluding hydrogens is 228 g/mol. The molecule has 0 aromatic heterocycles. The molecule has 1 heterocycles. The monoisotopic (exact) mass is 256 g/mol. The Morgan fingerprint density at radius 2 is 2.06 bits per heavy atom. The number of fused-ring (bicyclic) bond motifs is 1. The molecule has 0 bridgehead atoms. The van der Waals surface area contributed by atoms with Crippen molar-refractivity contribution in [1.82, 2.24) is 0 Å². The Morgan fingerprint density at radius 3 is 2.83 bits per heavy atom. The molecule has 2 rings (SSSR count). The van der Waals surface area contributed by atoms with E-state index in [2.05, 4.69) is 6.92 Å². The SMILES string of the molecule is COCCC(C)CCCOCC1CCC2OC2C1. The summed E-state index contributed by atoms with van der Waals surface area (Å²) < 4.78 is 16.4. The molecule has 18 heavy (non-hydrogen) atoms. The van der Waals surface area contributed by atoms with Gasteiger partial charge < -0.3 is 14.2 Å². The first-order valence-corrected chi connectivity index (χ1v) is 7.51. The second-order valence-corrected chi connectivity index (χ2v) is 6.00. The zero-order valence-electron chi connectivity index (χ0n) is 11.9. The number of epoxide rings is 1. The van der Waals surface area contributed by atoms with Gasteiger partial charge in [0.25, 0.3) is 0 Å². The first kappa shape index (κ1) is 14.3. The van der Waals surface area contributed by atoms with E-state index < -0.39 is 0 Å². The van der Waals surface area contributed by atoms with E-state index in [1.165, 1.54) is 38.5 Å². The van der Waals surface area contributed by atoms with Gasteiger partial charge in [-0.2, -0.15) is 0 Å². The molecule has 3 heteroatoms. The second kappa shape index (κ2) is 7.46. The Hall–Kier alpha value is -0.120. The van der Waals surface area contributed by atoms with Crippen LogP contribution in [0, 0.1) is 11.8 Å². The maximum absolute atomic E-state index is 5.81. The first-order valence-electron chi connectivity index (χ1n) is 7.51. The number of methoxy groups -OCH3 is 1. The second-order valence-electron chi connectivity index (χ2n) is 6.00. The van der Waals surface area contributed by atoms with Crippen molar-refractivity contribution in [3.8, 4) is 0 Å². The third-order valence-corrected chi connectivity index (χ3v) is 4.27. The molecule has 1 aliphatic heterocycles. The van der Waals surface area contributed by atoms with Crippen molar-refractivity contribution in [3.63, 3.8) is 0 Å². The fourth-order valence-electron chi connectivity index (χ4n) is 2.89. The van der Waals surface area contributed by atoms with Crippen molar-refractivity contribution in [3.05, 3.63) is 0 Å². The molecule has 1 aliphatic carbocycles. The molecule has 106 valence electrons. The fraction of sp³-hybridized carbons (Fsp3) is 1.00. The van der Waals surface area contributed by atoms with Gasteiger partial charge >= 0.3 is 0 Å². The highest BCUT2D eigenvalue weighted by molar-refractivity contribution is 4.91. The summed E-state index contributed by atoms with van der Waals surface area (Å²) in [6, 6.07) is 0. The summed E-state index contributed by atoms with van der Waals surface area (Å²) in [5, 5.41) is 0. The van der Waals surface area contributed by atoms with Crippen molar-refractivity contribution in [2.75, 3.05) is 26.9 Å². The zero-order chi connectivity index (χ0) is 12.8. The van der Waals surface area contributed by atoms with E-state index in [0.717, 1.165) is 31.7 Å². The standard InChI is InChI=1S/C15H28O3/c1-12(7-9-16-2)4-3-8-17-11-13-5-6-14-15(10-13)18-14/h12-15H,3-11H2,1-2H3. The maximum Gasteiger partial charge on any atom is 0.0845 e. The number of hydrogen-bond acceptors (Lipinski definition) is 3. The van der Waals surface area contributed by atoms with E-state index in [4.69, 9.17) is 14.2 Å². The van der Waals surface area contributed by atoms with Crippen LogP contribution in [0.25, 0.3) is 0 Å². The smallest absolute Gasteiger partial charge is 0.0845 e. The van der Waals surface area contributed by atoms with Crippen LogP contribution in [0.2, 0.25) is 0 Å². The molecule has 1 saturated carbocycles. The normalized spacial score (nSPS) is 32.0. The third-order valence-electron chi connectivity index (χ3n) is 4.27. The predicted octanol–water partition coefficient (Wildman–Crippen LogP) is 3.02. The van der Waals surface area contributed by atoms with Gasteiger partial charge in [-0.05, 0) is 50.4 Å². The molecular formula is C15H28O3. The summed E-state index contributed by atoms with van der Waals surface area (Å²) in [7, 11) is 1.77. The minimum Gasteiger partial charge on any atom is -0.385 e. The molecule has 3 nitrogen and oxygen atoms in total. The van der Waals surface area contributed by atoms with Crippen LogP contribution in [-0.4, -0.2) is 39.1 Å². The third kappa shape index (κ3) is 4.87. The molecule has 1 saturated heterocycles. The van der Waals surface area contributed by atoms with E-state index in [0.29, 0.717) is 12.2 Å². The summed E-state index contributed by atoms with van der Waals surface area (Å²) in [6.45, 7) is 5.04. The summed E-state index contributed by atoms with van der Waals surface area (Å²) in [5.74, 6) is 1.50. The highest BCUT2D eigenvalue weighted by Gasteiger charge is 2.43. The summed E-state index contributed by atoms with van der Waals surface area (Å²) >= 11 is 0. The lowest BCUT2D eigenvalue weighted by Gasteiger charge is -2.19. The largest absolute Gasteiger partial charge is 0.385 e. The molecule has 4 unspecified atom stereocenters. The molecule has 0 spiro atoms. The molecule has 4 atom stereocenters. The van der Waals surface area contributed by atoms with E-state index in [1.54, 1.807) is 7.11 Å². The zero-order valence-corrected chi connectivity index (χ0v) is 11.9. The first-order chi connectivity index (χ1) is 8.79. The van der Waals surface area contributed by atoms with Crippen LogP contribution in [-0.2, 0) is 14.2 Å². The quantitative estimate of drug-likeness (QED) is 0.469. The molecule has 2 aliphatic rings. The maximum atomic E-state index is 5.81. The number of rotatable bonds is 9. The Bertz CT molecular complexity index is 232. The highest BCUT2D eigenvalue weighted by Crippen LogP contribution is 2.39. The van der Waals surface area contributed by atoms with Crippen LogP contribution in [0.4, 0.5) is 0 Å². The van der Waals surface area contributed by atoms with Crippen LogP contribution < -0.4 is 0 Å². The number of ether oxygens (including phenoxy) is 3. The number of hydrogen-bond donors (Lipinski definition) is 0. The predicted molar refractivity (Wildman–Crippen MR) is 71.7 cm³/mol. The van der Waals surface area contributed by atoms with Gasteiger partial charge in [0.15, 0.2) is 0 Å². The van der Waals surface area contributed by atoms with Gasteiger partial charge in [-0.3, -0.25) is 0 Å². The van der Waals surface area contributed by atoms with Crippen molar-refractivity contribution in [1.29, 1.82) is 0 Å². The van der Waals surface area contributed by atoms with E-state index in [9.17, 15) is 0 Å². The minimum atomic E-state index is 0.585. The van der Waals surface area contributed by atoms with Crippen molar-refractivity contribution in [2.24, 2.45) is 11.8 Å². The van der Waals surface area contributed by atoms with Crippen LogP contribution in [0.15, 0.2) is 0 Å². The molecule has 0 N–H and O–H groups in total. The lowest BCUT2D eigenvalue weighted by atomic mass is 9.90. The van der Waals surface area contributed by atoms with Crippen molar-refractivity contribution >= 4 is 0 Å².